The van der Waals surface area contributed by atoms with Gasteiger partial charge in [0.15, 0.2) is 6.04 Å². The van der Waals surface area contributed by atoms with Crippen LogP contribution < -0.4 is 15.5 Å². The quantitative estimate of drug-likeness (QED) is 0.852. The fourth-order valence-electron chi connectivity index (χ4n) is 3.15. The maximum absolute atomic E-state index is 8.01. The van der Waals surface area contributed by atoms with Gasteiger partial charge in [-0.2, -0.15) is 0 Å². The summed E-state index contributed by atoms with van der Waals surface area (Å²) in [5.74, 6) is 0. The maximum Gasteiger partial charge on any atom is 0.269 e. The third kappa shape index (κ3) is 4.45. The van der Waals surface area contributed by atoms with Gasteiger partial charge in [-0.1, -0.05) is 36.8 Å². The van der Waals surface area contributed by atoms with Crippen molar-refractivity contribution in [1.29, 1.82) is 5.41 Å². The number of hydrogen-bond acceptors (Lipinski definition) is 3. The molecular weight excluding hydrogens is 312 g/mol. The van der Waals surface area contributed by atoms with Crippen LogP contribution in [0.5, 0.6) is 0 Å². The zero-order chi connectivity index (χ0) is 15.4. The number of nitrogens with one attached hydrogen (secondary N) is 1. The van der Waals surface area contributed by atoms with Gasteiger partial charge < -0.3 is 4.52 Å². The van der Waals surface area contributed by atoms with Crippen LogP contribution >= 0.6 is 12.4 Å². The van der Waals surface area contributed by atoms with Gasteiger partial charge >= 0.3 is 0 Å². The van der Waals surface area contributed by atoms with Crippen molar-refractivity contribution < 1.29 is 9.20 Å². The summed E-state index contributed by atoms with van der Waals surface area (Å²) in [7, 11) is 0. The zero-order valence-electron chi connectivity index (χ0n) is 13.6. The molecule has 2 heterocycles. The second-order valence-electron chi connectivity index (χ2n) is 6.17. The van der Waals surface area contributed by atoms with Gasteiger partial charge in [-0.05, 0) is 38.4 Å². The van der Waals surface area contributed by atoms with Crippen LogP contribution in [0.3, 0.4) is 0 Å². The number of hydrogen-bond donors (Lipinski definition) is 1. The summed E-state index contributed by atoms with van der Waals surface area (Å²) in [5, 5.41) is 12.1. The monoisotopic (exact) mass is 336 g/mol. The highest BCUT2D eigenvalue weighted by molar-refractivity contribution is 5.85. The molecule has 0 radical (unpaired) electrons. The van der Waals surface area contributed by atoms with Crippen LogP contribution in [0.1, 0.15) is 43.5 Å². The average molecular weight is 337 g/mol. The van der Waals surface area contributed by atoms with Crippen molar-refractivity contribution in [3.63, 3.8) is 0 Å². The first kappa shape index (κ1) is 17.8. The fraction of sp³-hybridized carbons (Fsp3) is 0.529. The largest absolute Gasteiger partial charge is 0.487 e. The van der Waals surface area contributed by atoms with Crippen LogP contribution in [0, 0.1) is 5.41 Å². The molecule has 0 spiro atoms. The number of aromatic nitrogens is 2. The molecule has 23 heavy (non-hydrogen) atoms. The molecule has 5 nitrogen and oxygen atoms in total. The molecule has 126 valence electrons. The summed E-state index contributed by atoms with van der Waals surface area (Å²) < 4.78 is 7.04. The molecule has 1 fully saturated rings. The van der Waals surface area contributed by atoms with Crippen molar-refractivity contribution >= 4 is 12.4 Å². The Labute approximate surface area is 143 Å². The van der Waals surface area contributed by atoms with E-state index in [0.29, 0.717) is 0 Å². The third-order valence-corrected chi connectivity index (χ3v) is 4.37. The molecule has 1 aliphatic rings. The molecule has 0 aliphatic carbocycles. The lowest BCUT2D eigenvalue weighted by Crippen LogP contribution is -2.49. The lowest BCUT2D eigenvalue weighted by Gasteiger charge is -2.25. The lowest BCUT2D eigenvalue weighted by atomic mass is 10.1. The van der Waals surface area contributed by atoms with Gasteiger partial charge in [0.05, 0.1) is 6.54 Å². The van der Waals surface area contributed by atoms with Crippen molar-refractivity contribution in [2.45, 2.75) is 45.2 Å². The molecule has 1 aromatic carbocycles. The number of rotatable bonds is 5. The Bertz CT molecular complexity index is 646. The van der Waals surface area contributed by atoms with Crippen molar-refractivity contribution in [2.75, 3.05) is 13.1 Å². The minimum Gasteiger partial charge on any atom is -0.487 e. The van der Waals surface area contributed by atoms with Crippen LogP contribution in [-0.2, 0) is 13.0 Å². The molecule has 6 heteroatoms. The molecule has 1 saturated heterocycles. The molecule has 1 aliphatic heterocycles. The molecule has 0 amide bonds. The number of nitrogens with zero attached hydrogens (tertiary/aromatic N) is 3. The average Bonchev–Trinajstić information content (AvgIpc) is 2.90. The number of likely N-dealkylation sites (tertiary alicyclic amines) is 1. The molecule has 1 atom stereocenters. The summed E-state index contributed by atoms with van der Waals surface area (Å²) >= 11 is 0. The molecule has 2 aromatic rings. The molecule has 0 saturated carbocycles. The minimum absolute atomic E-state index is 0. The lowest BCUT2D eigenvalue weighted by molar-refractivity contribution is -0.793. The van der Waals surface area contributed by atoms with Crippen LogP contribution in [0.4, 0.5) is 0 Å². The first-order valence-corrected chi connectivity index (χ1v) is 8.12. The second kappa shape index (κ2) is 8.31. The van der Waals surface area contributed by atoms with Gasteiger partial charge in [0, 0.05) is 6.42 Å². The van der Waals surface area contributed by atoms with Crippen LogP contribution in [0.25, 0.3) is 0 Å². The maximum atomic E-state index is 8.01. The Kier molecular flexibility index (Phi) is 6.42. The Balaban J connectivity index is 0.00000192. The van der Waals surface area contributed by atoms with E-state index in [0.717, 1.165) is 31.7 Å². The van der Waals surface area contributed by atoms with Gasteiger partial charge in [-0.3, -0.25) is 15.6 Å². The van der Waals surface area contributed by atoms with E-state index < -0.39 is 0 Å². The van der Waals surface area contributed by atoms with Gasteiger partial charge in [0.25, 0.3) is 5.55 Å². The summed E-state index contributed by atoms with van der Waals surface area (Å²) in [6.45, 7) is 5.12. The Morgan fingerprint density at radius 3 is 2.61 bits per heavy atom. The van der Waals surface area contributed by atoms with Crippen LogP contribution in [0.15, 0.2) is 34.9 Å². The van der Waals surface area contributed by atoms with E-state index in [-0.39, 0.29) is 24.0 Å². The first-order chi connectivity index (χ1) is 10.7. The number of benzene rings is 1. The van der Waals surface area contributed by atoms with Gasteiger partial charge in [0.2, 0.25) is 5.69 Å². The van der Waals surface area contributed by atoms with Crippen molar-refractivity contribution in [3.8, 4) is 0 Å². The minimum atomic E-state index is 0. The predicted molar refractivity (Wildman–Crippen MR) is 89.3 cm³/mol. The highest BCUT2D eigenvalue weighted by Crippen LogP contribution is 2.12. The molecule has 1 aromatic heterocycles. The SMILES string of the molecule is CC(Cc1ccccc1)[n+]1[n-]oc(=N)c1CN1CCCCC1.Cl. The molecular formula is C17H25ClN4O. The number of piperidine rings is 1. The highest BCUT2D eigenvalue weighted by atomic mass is 35.5. The van der Waals surface area contributed by atoms with E-state index in [9.17, 15) is 0 Å². The first-order valence-electron chi connectivity index (χ1n) is 8.12. The molecule has 3 rings (SSSR count). The normalized spacial score (nSPS) is 16.7. The molecule has 1 N–H and O–H groups in total. The topological polar surface area (TPSA) is 58.2 Å². The third-order valence-electron chi connectivity index (χ3n) is 4.37. The van der Waals surface area contributed by atoms with Crippen molar-refractivity contribution in [3.05, 3.63) is 47.1 Å². The summed E-state index contributed by atoms with van der Waals surface area (Å²) in [6, 6.07) is 10.6. The van der Waals surface area contributed by atoms with Gasteiger partial charge in [-0.25, -0.2) is 4.68 Å². The predicted octanol–water partition coefficient (Wildman–Crippen LogP) is 2.22. The van der Waals surface area contributed by atoms with E-state index >= 15 is 0 Å². The molecule has 0 bridgehead atoms. The van der Waals surface area contributed by atoms with E-state index in [1.807, 2.05) is 10.7 Å². The van der Waals surface area contributed by atoms with Crippen LogP contribution in [-0.4, -0.2) is 18.0 Å². The van der Waals surface area contributed by atoms with E-state index in [1.165, 1.54) is 24.8 Å². The number of halogens is 1. The second-order valence-corrected chi connectivity index (χ2v) is 6.17. The smallest absolute Gasteiger partial charge is 0.269 e. The Morgan fingerprint density at radius 1 is 1.22 bits per heavy atom. The van der Waals surface area contributed by atoms with Crippen molar-refractivity contribution in [1.82, 2.24) is 10.2 Å². The zero-order valence-corrected chi connectivity index (χ0v) is 14.4. The van der Waals surface area contributed by atoms with Crippen molar-refractivity contribution in [2.24, 2.45) is 0 Å². The highest BCUT2D eigenvalue weighted by Gasteiger charge is 2.22. The summed E-state index contributed by atoms with van der Waals surface area (Å²) in [4.78, 5) is 2.40. The fourth-order valence-corrected chi connectivity index (χ4v) is 3.15. The Hall–Kier alpha value is -1.59. The van der Waals surface area contributed by atoms with Gasteiger partial charge in [-0.15, -0.1) is 12.4 Å². The van der Waals surface area contributed by atoms with Crippen LogP contribution in [0.2, 0.25) is 0 Å². The summed E-state index contributed by atoms with van der Waals surface area (Å²) in [5.41, 5.74) is 2.37. The van der Waals surface area contributed by atoms with E-state index in [4.69, 9.17) is 9.93 Å². The summed E-state index contributed by atoms with van der Waals surface area (Å²) in [6.07, 6.45) is 4.71. The molecule has 1 unspecified atom stereocenters. The standard InChI is InChI=1S/C17H24N4O.ClH/c1-14(12-15-8-4-2-5-9-15)21-16(17(18)22-19-21)13-20-10-6-3-7-11-20;/h2,4-5,8-9,14,18H,3,6-7,10-13H2,1H3;1H. The Morgan fingerprint density at radius 2 is 1.91 bits per heavy atom. The van der Waals surface area contributed by atoms with Gasteiger partial charge in [0.1, 0.15) is 0 Å². The van der Waals surface area contributed by atoms with E-state index in [1.54, 1.807) is 0 Å². The van der Waals surface area contributed by atoms with E-state index in [2.05, 4.69) is 41.4 Å².